The summed E-state index contributed by atoms with van der Waals surface area (Å²) in [5.41, 5.74) is 0.744. The second kappa shape index (κ2) is 17.2. The van der Waals surface area contributed by atoms with Crippen LogP contribution in [0.15, 0.2) is 0 Å². The van der Waals surface area contributed by atoms with Crippen molar-refractivity contribution in [2.75, 3.05) is 73.5 Å². The molecule has 4 atom stereocenters. The molecule has 0 aromatic carbocycles. The van der Waals surface area contributed by atoms with Crippen LogP contribution in [0.4, 0.5) is 0 Å². The predicted molar refractivity (Wildman–Crippen MR) is 170 cm³/mol. The Labute approximate surface area is 295 Å². The Kier molecular flexibility index (Phi) is 17.9. The predicted octanol–water partition coefficient (Wildman–Crippen LogP) is 3.65. The standard InChI is InChI=1S/2C11H22N2.C9H18N.2CH4.Rb/c1-11(2,3)13-7-9-5-12(4)6-10(9)8-13;1-11(2,3)13-6-5-9-7-12(4)8-10(9)13;1-7(2)9-4-8(5-9)6-10-3;;;/h2*9-10H,5-8H2,1-4H3;7-9H,4-6H2,1-3H3;2*1H4;/q;;-1;;;+1. The summed E-state index contributed by atoms with van der Waals surface area (Å²) in [4.78, 5) is 10.3. The van der Waals surface area contributed by atoms with Gasteiger partial charge >= 0.3 is 58.2 Å². The fourth-order valence-corrected chi connectivity index (χ4v) is 7.52. The van der Waals surface area contributed by atoms with E-state index < -0.39 is 0 Å². The molecule has 0 spiro atoms. The van der Waals surface area contributed by atoms with Gasteiger partial charge in [-0.05, 0) is 111 Å². The molecule has 1 aliphatic carbocycles. The van der Waals surface area contributed by atoms with Gasteiger partial charge in [0, 0.05) is 56.4 Å². The molecule has 5 aliphatic rings. The normalized spacial score (nSPS) is 32.9. The Bertz CT molecular complexity index is 652. The molecule has 228 valence electrons. The molecule has 39 heavy (non-hydrogen) atoms. The van der Waals surface area contributed by atoms with Gasteiger partial charge in [0.25, 0.3) is 0 Å². The van der Waals surface area contributed by atoms with E-state index in [2.05, 4.69) is 94.4 Å². The third kappa shape index (κ3) is 11.6. The Morgan fingerprint density at radius 2 is 1.23 bits per heavy atom. The van der Waals surface area contributed by atoms with Crippen molar-refractivity contribution >= 4 is 0 Å². The monoisotopic (exact) mass is 621 g/mol. The number of hydrogen-bond donors (Lipinski definition) is 0. The molecule has 0 aromatic heterocycles. The third-order valence-corrected chi connectivity index (χ3v) is 9.87. The van der Waals surface area contributed by atoms with Gasteiger partial charge in [-0.3, -0.25) is 9.80 Å². The first-order valence-electron chi connectivity index (χ1n) is 15.1. The van der Waals surface area contributed by atoms with Gasteiger partial charge in [0.1, 0.15) is 0 Å². The first-order chi connectivity index (χ1) is 16.7. The van der Waals surface area contributed by atoms with Crippen LogP contribution in [0, 0.1) is 35.5 Å². The number of fused-ring (bicyclic) bond motifs is 2. The van der Waals surface area contributed by atoms with Crippen molar-refractivity contribution in [1.82, 2.24) is 19.6 Å². The van der Waals surface area contributed by atoms with E-state index in [1.807, 2.05) is 7.05 Å². The van der Waals surface area contributed by atoms with Crippen LogP contribution in [0.5, 0.6) is 0 Å². The van der Waals surface area contributed by atoms with Crippen molar-refractivity contribution in [3.05, 3.63) is 5.32 Å². The van der Waals surface area contributed by atoms with Crippen LogP contribution >= 0.6 is 0 Å². The molecule has 5 nitrogen and oxygen atoms in total. The van der Waals surface area contributed by atoms with Crippen LogP contribution in [0.2, 0.25) is 0 Å². The average molecular weight is 622 g/mol. The van der Waals surface area contributed by atoms with Gasteiger partial charge in [-0.2, -0.15) is 7.05 Å². The van der Waals surface area contributed by atoms with Gasteiger partial charge in [0.15, 0.2) is 0 Å². The zero-order valence-electron chi connectivity index (χ0n) is 27.1. The van der Waals surface area contributed by atoms with Gasteiger partial charge in [-0.25, -0.2) is 0 Å². The molecule has 0 amide bonds. The largest absolute Gasteiger partial charge is 1.00 e. The molecule has 4 aliphatic heterocycles. The minimum absolute atomic E-state index is 0. The Hall–Kier alpha value is 1.61. The van der Waals surface area contributed by atoms with Crippen LogP contribution in [-0.2, 0) is 0 Å². The van der Waals surface area contributed by atoms with Gasteiger partial charge in [-0.1, -0.05) is 34.6 Å². The average Bonchev–Trinajstić information content (AvgIpc) is 3.43. The number of hydrogen-bond acceptors (Lipinski definition) is 4. The van der Waals surface area contributed by atoms with Crippen LogP contribution in [-0.4, -0.2) is 110 Å². The fourth-order valence-electron chi connectivity index (χ4n) is 7.52. The molecule has 4 unspecified atom stereocenters. The quantitative estimate of drug-likeness (QED) is 0.481. The minimum atomic E-state index is 0. The molecule has 0 radical (unpaired) electrons. The maximum absolute atomic E-state index is 4.15. The van der Waals surface area contributed by atoms with E-state index in [-0.39, 0.29) is 73.0 Å². The van der Waals surface area contributed by atoms with Crippen molar-refractivity contribution in [2.24, 2.45) is 35.5 Å². The summed E-state index contributed by atoms with van der Waals surface area (Å²) >= 11 is 0. The molecule has 1 saturated carbocycles. The van der Waals surface area contributed by atoms with E-state index in [0.29, 0.717) is 11.1 Å². The SMILES string of the molecule is C.C.CN1CC2CCN(C(C)(C)C)C2C1.CN1CC2CN(C(C)(C)C)CC2C1.C[N-]CC1CC(C(C)C)C1.[Rb+]. The van der Waals surface area contributed by atoms with Crippen molar-refractivity contribution in [1.29, 1.82) is 0 Å². The molecule has 5 rings (SSSR count). The van der Waals surface area contributed by atoms with Crippen molar-refractivity contribution in [3.8, 4) is 0 Å². The molecular formula is C33H70N5Rb. The molecule has 0 aromatic rings. The molecule has 0 bridgehead atoms. The molecule has 4 saturated heterocycles. The van der Waals surface area contributed by atoms with Gasteiger partial charge < -0.3 is 15.1 Å². The summed E-state index contributed by atoms with van der Waals surface area (Å²) in [7, 11) is 6.42. The topological polar surface area (TPSA) is 27.1 Å². The van der Waals surface area contributed by atoms with E-state index in [0.717, 1.165) is 48.1 Å². The second-order valence-electron chi connectivity index (χ2n) is 15.4. The van der Waals surface area contributed by atoms with E-state index in [1.165, 1.54) is 65.1 Å². The summed E-state index contributed by atoms with van der Waals surface area (Å²) in [6.45, 7) is 28.9. The van der Waals surface area contributed by atoms with Crippen molar-refractivity contribution in [2.45, 2.75) is 107 Å². The summed E-state index contributed by atoms with van der Waals surface area (Å²) < 4.78 is 0. The maximum Gasteiger partial charge on any atom is 1.00 e. The smallest absolute Gasteiger partial charge is 0.665 e. The van der Waals surface area contributed by atoms with E-state index >= 15 is 0 Å². The number of nitrogens with zero attached hydrogens (tertiary/aromatic N) is 5. The van der Waals surface area contributed by atoms with Crippen molar-refractivity contribution < 1.29 is 58.2 Å². The van der Waals surface area contributed by atoms with Crippen LogP contribution in [0.1, 0.15) is 89.5 Å². The zero-order chi connectivity index (χ0) is 26.8. The maximum atomic E-state index is 4.15. The Balaban J connectivity index is 0.000000540. The summed E-state index contributed by atoms with van der Waals surface area (Å²) in [6.07, 6.45) is 4.26. The number of likely N-dealkylation sites (tertiary alicyclic amines) is 4. The fraction of sp³-hybridized carbons (Fsp3) is 1.00. The molecule has 4 heterocycles. The number of rotatable bonds is 3. The Morgan fingerprint density at radius 3 is 1.67 bits per heavy atom. The number of likely N-dealkylation sites (N-methyl/N-ethyl adjacent to an activating group) is 1. The minimum Gasteiger partial charge on any atom is -0.665 e. The zero-order valence-corrected chi connectivity index (χ0v) is 32.0. The third-order valence-electron chi connectivity index (χ3n) is 9.87. The van der Waals surface area contributed by atoms with Crippen LogP contribution in [0.3, 0.4) is 0 Å². The van der Waals surface area contributed by atoms with Gasteiger partial charge in [-0.15, -0.1) is 6.54 Å². The first kappa shape index (κ1) is 40.6. The molecule has 6 heteroatoms. The first-order valence-corrected chi connectivity index (χ1v) is 15.1. The molecule has 0 N–H and O–H groups in total. The van der Waals surface area contributed by atoms with E-state index in [9.17, 15) is 0 Å². The van der Waals surface area contributed by atoms with Gasteiger partial charge in [0.2, 0.25) is 0 Å². The molecular weight excluding hydrogens is 552 g/mol. The summed E-state index contributed by atoms with van der Waals surface area (Å²) in [6, 6.07) is 0.838. The van der Waals surface area contributed by atoms with E-state index in [1.54, 1.807) is 0 Å². The summed E-state index contributed by atoms with van der Waals surface area (Å²) in [5, 5.41) is 4.15. The second-order valence-corrected chi connectivity index (χ2v) is 15.4. The summed E-state index contributed by atoms with van der Waals surface area (Å²) in [5.74, 6) is 5.68. The Morgan fingerprint density at radius 1 is 0.744 bits per heavy atom. The van der Waals surface area contributed by atoms with E-state index in [4.69, 9.17) is 0 Å². The van der Waals surface area contributed by atoms with Gasteiger partial charge in [0.05, 0.1) is 0 Å². The van der Waals surface area contributed by atoms with Crippen LogP contribution < -0.4 is 58.2 Å². The van der Waals surface area contributed by atoms with Crippen molar-refractivity contribution in [3.63, 3.8) is 0 Å². The van der Waals surface area contributed by atoms with Crippen LogP contribution in [0.25, 0.3) is 5.32 Å². The molecule has 5 fully saturated rings.